The van der Waals surface area contributed by atoms with Crippen molar-refractivity contribution in [2.45, 2.75) is 51.9 Å². The van der Waals surface area contributed by atoms with Crippen LogP contribution < -0.4 is 29.1 Å². The zero-order chi connectivity index (χ0) is 18.7. The number of aliphatic hydroxyl groups is 1. The molecule has 1 aliphatic rings. The predicted molar refractivity (Wildman–Crippen MR) is 100.0 cm³/mol. The van der Waals surface area contributed by atoms with Gasteiger partial charge in [0.25, 0.3) is 0 Å². The number of quaternary nitrogens is 1. The van der Waals surface area contributed by atoms with Crippen molar-refractivity contribution < 1.29 is 43.5 Å². The SMILES string of the molecule is CC[N+](C)(CC)CCO.O=C([O-])C(c1ccccc1)C1CCCCC1.[I-]. The average Bonchev–Trinajstić information content (AvgIpc) is 2.64. The van der Waals surface area contributed by atoms with E-state index >= 15 is 0 Å². The molecular formula is C21H35INO3-. The van der Waals surface area contributed by atoms with Gasteiger partial charge in [-0.2, -0.15) is 0 Å². The number of hydrogen-bond acceptors (Lipinski definition) is 3. The van der Waals surface area contributed by atoms with Gasteiger partial charge in [-0.15, -0.1) is 0 Å². The lowest BCUT2D eigenvalue weighted by Gasteiger charge is -2.31. The highest BCUT2D eigenvalue weighted by Gasteiger charge is 2.25. The Hall–Kier alpha value is -0.660. The van der Waals surface area contributed by atoms with E-state index in [9.17, 15) is 9.90 Å². The molecule has 2 rings (SSSR count). The Balaban J connectivity index is 0.000000543. The standard InChI is InChI=1S/C14H18O2.C7H18NO.HI/c15-14(16)13(11-7-3-1-4-8-11)12-9-5-2-6-10-12;1-4-8(3,5-2)6-7-9;/h1,3-4,7-8,12-13H,2,5-6,9-10H2,(H,15,16);9H,4-7H2,1-3H3;1H/q;+1;/p-2. The molecule has 0 heterocycles. The van der Waals surface area contributed by atoms with E-state index in [0.29, 0.717) is 6.61 Å². The maximum absolute atomic E-state index is 11.3. The summed E-state index contributed by atoms with van der Waals surface area (Å²) in [5.41, 5.74) is 0.898. The first-order valence-electron chi connectivity index (χ1n) is 9.67. The molecule has 1 unspecified atom stereocenters. The number of nitrogens with zero attached hydrogens (tertiary/aromatic N) is 1. The van der Waals surface area contributed by atoms with E-state index in [1.54, 1.807) is 0 Å². The van der Waals surface area contributed by atoms with Crippen LogP contribution in [-0.2, 0) is 4.79 Å². The summed E-state index contributed by atoms with van der Waals surface area (Å²) in [6.45, 7) is 7.71. The highest BCUT2D eigenvalue weighted by molar-refractivity contribution is 5.74. The van der Waals surface area contributed by atoms with Gasteiger partial charge in [-0.05, 0) is 38.2 Å². The Labute approximate surface area is 176 Å². The molecule has 0 aromatic heterocycles. The van der Waals surface area contributed by atoms with Gasteiger partial charge in [0.1, 0.15) is 6.54 Å². The van der Waals surface area contributed by atoms with Crippen LogP contribution in [0, 0.1) is 5.92 Å². The van der Waals surface area contributed by atoms with Gasteiger partial charge >= 0.3 is 0 Å². The number of carbonyl (C=O) groups is 1. The first kappa shape index (κ1) is 25.3. The third-order valence-electron chi connectivity index (χ3n) is 5.70. The van der Waals surface area contributed by atoms with Crippen LogP contribution >= 0.6 is 0 Å². The van der Waals surface area contributed by atoms with Gasteiger partial charge in [0.2, 0.25) is 0 Å². The second kappa shape index (κ2) is 13.5. The lowest BCUT2D eigenvalue weighted by Crippen LogP contribution is -3.00. The van der Waals surface area contributed by atoms with Gasteiger partial charge in [0, 0.05) is 11.9 Å². The first-order chi connectivity index (χ1) is 12.0. The summed E-state index contributed by atoms with van der Waals surface area (Å²) >= 11 is 0. The minimum absolute atomic E-state index is 0. The summed E-state index contributed by atoms with van der Waals surface area (Å²) in [4.78, 5) is 11.3. The molecule has 1 aromatic carbocycles. The summed E-state index contributed by atoms with van der Waals surface area (Å²) in [5.74, 6) is -1.07. The van der Waals surface area contributed by atoms with Crippen LogP contribution in [0.1, 0.15) is 57.4 Å². The molecule has 1 N–H and O–H groups in total. The Morgan fingerprint density at radius 3 is 2.08 bits per heavy atom. The van der Waals surface area contributed by atoms with Gasteiger partial charge < -0.3 is 43.5 Å². The maximum Gasteiger partial charge on any atom is 0.102 e. The second-order valence-electron chi connectivity index (χ2n) is 7.30. The Kier molecular flexibility index (Phi) is 13.2. The van der Waals surface area contributed by atoms with Gasteiger partial charge in [0.15, 0.2) is 0 Å². The summed E-state index contributed by atoms with van der Waals surface area (Å²) < 4.78 is 0.983. The second-order valence-corrected chi connectivity index (χ2v) is 7.30. The van der Waals surface area contributed by atoms with Crippen molar-refractivity contribution in [3.8, 4) is 0 Å². The van der Waals surface area contributed by atoms with Crippen molar-refractivity contribution in [1.29, 1.82) is 0 Å². The number of benzene rings is 1. The fraction of sp³-hybridized carbons (Fsp3) is 0.667. The molecule has 0 amide bonds. The van der Waals surface area contributed by atoms with Crippen LogP contribution in [0.5, 0.6) is 0 Å². The number of carboxylic acid groups (broad SMARTS) is 1. The molecule has 4 nitrogen and oxygen atoms in total. The van der Waals surface area contributed by atoms with Crippen molar-refractivity contribution in [2.24, 2.45) is 5.92 Å². The smallest absolute Gasteiger partial charge is 0.102 e. The Bertz CT molecular complexity index is 485. The van der Waals surface area contributed by atoms with Gasteiger partial charge in [-0.1, -0.05) is 49.6 Å². The summed E-state index contributed by atoms with van der Waals surface area (Å²) in [6.07, 6.45) is 5.59. The molecule has 0 radical (unpaired) electrons. The lowest BCUT2D eigenvalue weighted by atomic mass is 9.77. The molecule has 0 spiro atoms. The molecule has 1 atom stereocenters. The highest BCUT2D eigenvalue weighted by atomic mass is 127. The van der Waals surface area contributed by atoms with E-state index in [4.69, 9.17) is 5.11 Å². The molecule has 26 heavy (non-hydrogen) atoms. The normalized spacial score (nSPS) is 16.0. The van der Waals surface area contributed by atoms with Gasteiger partial charge in [-0.25, -0.2) is 0 Å². The van der Waals surface area contributed by atoms with E-state index < -0.39 is 11.9 Å². The molecule has 0 aliphatic heterocycles. The third-order valence-corrected chi connectivity index (χ3v) is 5.70. The van der Waals surface area contributed by atoms with Crippen molar-refractivity contribution >= 4 is 5.97 Å². The number of carboxylic acids is 1. The molecular weight excluding hydrogens is 441 g/mol. The minimum atomic E-state index is -0.918. The largest absolute Gasteiger partial charge is 1.00 e. The number of rotatable bonds is 7. The number of hydrogen-bond donors (Lipinski definition) is 1. The van der Waals surface area contributed by atoms with Crippen LogP contribution in [-0.4, -0.2) is 48.8 Å². The third kappa shape index (κ3) is 8.35. The molecule has 1 saturated carbocycles. The van der Waals surface area contributed by atoms with Crippen molar-refractivity contribution in [2.75, 3.05) is 33.3 Å². The van der Waals surface area contributed by atoms with E-state index in [1.165, 1.54) is 6.42 Å². The van der Waals surface area contributed by atoms with Crippen molar-refractivity contribution in [3.63, 3.8) is 0 Å². The fourth-order valence-electron chi connectivity index (χ4n) is 3.51. The van der Waals surface area contributed by atoms with Crippen LogP contribution in [0.4, 0.5) is 0 Å². The van der Waals surface area contributed by atoms with Gasteiger partial charge in [-0.3, -0.25) is 0 Å². The number of likely N-dealkylation sites (N-methyl/N-ethyl adjacent to an activating group) is 1. The van der Waals surface area contributed by atoms with E-state index in [-0.39, 0.29) is 29.9 Å². The van der Waals surface area contributed by atoms with Gasteiger partial charge in [0.05, 0.1) is 26.7 Å². The fourth-order valence-corrected chi connectivity index (χ4v) is 3.51. The molecule has 1 aliphatic carbocycles. The lowest BCUT2D eigenvalue weighted by molar-refractivity contribution is -0.906. The van der Waals surface area contributed by atoms with Crippen molar-refractivity contribution in [1.82, 2.24) is 0 Å². The zero-order valence-electron chi connectivity index (χ0n) is 16.5. The molecule has 1 fully saturated rings. The first-order valence-corrected chi connectivity index (χ1v) is 9.67. The molecule has 0 saturated heterocycles. The molecule has 5 heteroatoms. The topological polar surface area (TPSA) is 60.4 Å². The zero-order valence-corrected chi connectivity index (χ0v) is 18.7. The number of halogens is 1. The monoisotopic (exact) mass is 476 g/mol. The highest BCUT2D eigenvalue weighted by Crippen LogP contribution is 2.35. The number of carbonyl (C=O) groups excluding carboxylic acids is 1. The van der Waals surface area contributed by atoms with Crippen LogP contribution in [0.3, 0.4) is 0 Å². The number of aliphatic hydroxyl groups excluding tert-OH is 1. The van der Waals surface area contributed by atoms with Crippen LogP contribution in [0.15, 0.2) is 30.3 Å². The van der Waals surface area contributed by atoms with E-state index in [0.717, 1.165) is 55.4 Å². The van der Waals surface area contributed by atoms with E-state index in [1.807, 2.05) is 30.3 Å². The number of aliphatic carboxylic acids is 1. The molecule has 0 bridgehead atoms. The summed E-state index contributed by atoms with van der Waals surface area (Å²) in [6, 6.07) is 9.50. The summed E-state index contributed by atoms with van der Waals surface area (Å²) in [5, 5.41) is 19.9. The Morgan fingerprint density at radius 1 is 1.15 bits per heavy atom. The van der Waals surface area contributed by atoms with Crippen LogP contribution in [0.25, 0.3) is 0 Å². The molecule has 150 valence electrons. The van der Waals surface area contributed by atoms with E-state index in [2.05, 4.69) is 20.9 Å². The minimum Gasteiger partial charge on any atom is -1.00 e. The van der Waals surface area contributed by atoms with Crippen molar-refractivity contribution in [3.05, 3.63) is 35.9 Å². The summed E-state index contributed by atoms with van der Waals surface area (Å²) in [7, 11) is 2.16. The Morgan fingerprint density at radius 2 is 1.69 bits per heavy atom. The quantitative estimate of drug-likeness (QED) is 0.430. The van der Waals surface area contributed by atoms with Crippen LogP contribution in [0.2, 0.25) is 0 Å². The maximum atomic E-state index is 11.3. The average molecular weight is 476 g/mol. The predicted octanol–water partition coefficient (Wildman–Crippen LogP) is -0.430. The molecule has 1 aromatic rings.